The number of hydrogen-bond acceptors (Lipinski definition) is 6. The third-order valence-electron chi connectivity index (χ3n) is 6.23. The number of aromatic nitrogens is 5. The fraction of sp³-hybridized carbons (Fsp3) is 0.292. The number of pyridine rings is 1. The van der Waals surface area contributed by atoms with Crippen LogP contribution in [0.15, 0.2) is 49.3 Å². The number of nitrogens with one attached hydrogen (secondary N) is 1. The first-order chi connectivity index (χ1) is 17.0. The lowest BCUT2D eigenvalue weighted by molar-refractivity contribution is 0.0609. The summed E-state index contributed by atoms with van der Waals surface area (Å²) in [6.07, 6.45) is 8.43. The molecule has 1 saturated heterocycles. The number of aromatic amines is 1. The molecule has 4 aromatic heterocycles. The molecule has 1 N–H and O–H groups in total. The highest BCUT2D eigenvalue weighted by molar-refractivity contribution is 5.92. The van der Waals surface area contributed by atoms with Crippen LogP contribution in [0.3, 0.4) is 0 Å². The number of nitrogens with zero attached hydrogens (tertiary/aromatic N) is 7. The van der Waals surface area contributed by atoms with Crippen molar-refractivity contribution in [2.75, 3.05) is 32.7 Å². The second kappa shape index (κ2) is 9.60. The van der Waals surface area contributed by atoms with Gasteiger partial charge in [-0.25, -0.2) is 23.7 Å². The average Bonchev–Trinajstić information content (AvgIpc) is 3.54. The molecule has 5 heterocycles. The van der Waals surface area contributed by atoms with Gasteiger partial charge in [-0.1, -0.05) is 0 Å². The molecular formula is C24H22F2N8O. The molecular weight excluding hydrogens is 454 g/mol. The molecule has 1 amide bonds. The molecule has 1 fully saturated rings. The largest absolute Gasteiger partial charge is 0.348 e. The summed E-state index contributed by atoms with van der Waals surface area (Å²) in [7, 11) is 0. The van der Waals surface area contributed by atoms with E-state index >= 15 is 0 Å². The van der Waals surface area contributed by atoms with Gasteiger partial charge in [0.15, 0.2) is 11.5 Å². The second-order valence-corrected chi connectivity index (χ2v) is 8.40. The maximum Gasteiger partial charge on any atom is 0.275 e. The highest BCUT2D eigenvalue weighted by atomic mass is 19.1. The van der Waals surface area contributed by atoms with E-state index in [1.54, 1.807) is 0 Å². The molecule has 0 radical (unpaired) electrons. The number of hydrogen-bond donors (Lipinski definition) is 1. The van der Waals surface area contributed by atoms with Gasteiger partial charge in [-0.15, -0.1) is 0 Å². The highest BCUT2D eigenvalue weighted by Gasteiger charge is 2.27. The number of halogens is 2. The van der Waals surface area contributed by atoms with Crippen LogP contribution in [0.5, 0.6) is 0 Å². The number of carbonyl (C=O) groups is 1. The molecule has 4 aromatic rings. The summed E-state index contributed by atoms with van der Waals surface area (Å²) in [6.45, 7) is 2.54. The Morgan fingerprint density at radius 3 is 2.77 bits per heavy atom. The van der Waals surface area contributed by atoms with Crippen molar-refractivity contribution in [3.05, 3.63) is 66.6 Å². The molecule has 0 bridgehead atoms. The van der Waals surface area contributed by atoms with Crippen LogP contribution >= 0.6 is 0 Å². The fourth-order valence-corrected chi connectivity index (χ4v) is 4.41. The minimum Gasteiger partial charge on any atom is -0.348 e. The third-order valence-corrected chi connectivity index (χ3v) is 6.23. The summed E-state index contributed by atoms with van der Waals surface area (Å²) < 4.78 is 29.1. The zero-order chi connectivity index (χ0) is 24.4. The van der Waals surface area contributed by atoms with Crippen LogP contribution in [0.25, 0.3) is 22.3 Å². The smallest absolute Gasteiger partial charge is 0.275 e. The van der Waals surface area contributed by atoms with E-state index in [4.69, 9.17) is 0 Å². The van der Waals surface area contributed by atoms with Gasteiger partial charge in [-0.2, -0.15) is 5.26 Å². The molecule has 0 saturated carbocycles. The zero-order valence-electron chi connectivity index (χ0n) is 18.7. The number of fused-ring (bicyclic) bond motifs is 1. The first-order valence-corrected chi connectivity index (χ1v) is 11.2. The van der Waals surface area contributed by atoms with Gasteiger partial charge in [0, 0.05) is 68.3 Å². The lowest BCUT2D eigenvalue weighted by Crippen LogP contribution is -2.50. The molecule has 1 atom stereocenters. The van der Waals surface area contributed by atoms with Crippen molar-refractivity contribution >= 4 is 16.9 Å². The van der Waals surface area contributed by atoms with E-state index in [0.717, 1.165) is 28.5 Å². The summed E-state index contributed by atoms with van der Waals surface area (Å²) in [4.78, 5) is 31.7. The standard InChI is InChI=1S/C24H22F2N8O/c25-17-11-20(26)22(29-12-17)24(35)33-9-7-32(8-10-33)14-18(1-4-27)34-6-3-16(13-34)21-19-2-5-28-23(19)31-15-30-21/h2-3,5-6,11-13,15,18H,1,7-10,14H2,(H,28,30,31). The molecule has 1 aliphatic rings. The van der Waals surface area contributed by atoms with Gasteiger partial charge in [0.25, 0.3) is 5.91 Å². The van der Waals surface area contributed by atoms with Gasteiger partial charge in [0.05, 0.1) is 30.4 Å². The van der Waals surface area contributed by atoms with Gasteiger partial charge >= 0.3 is 0 Å². The molecule has 5 rings (SSSR count). The maximum absolute atomic E-state index is 14.0. The van der Waals surface area contributed by atoms with Gasteiger partial charge in [-0.3, -0.25) is 9.69 Å². The minimum absolute atomic E-state index is 0.0873. The maximum atomic E-state index is 14.0. The van der Waals surface area contributed by atoms with E-state index in [9.17, 15) is 18.8 Å². The summed E-state index contributed by atoms with van der Waals surface area (Å²) in [5.41, 5.74) is 2.14. The summed E-state index contributed by atoms with van der Waals surface area (Å²) in [6, 6.07) is 6.75. The highest BCUT2D eigenvalue weighted by Crippen LogP contribution is 2.27. The molecule has 0 spiro atoms. The van der Waals surface area contributed by atoms with Crippen molar-refractivity contribution < 1.29 is 13.6 Å². The Labute approximate surface area is 199 Å². The van der Waals surface area contributed by atoms with Gasteiger partial charge in [0.2, 0.25) is 0 Å². The van der Waals surface area contributed by atoms with Crippen molar-refractivity contribution in [2.24, 2.45) is 0 Å². The van der Waals surface area contributed by atoms with Gasteiger partial charge in [0.1, 0.15) is 17.8 Å². The Morgan fingerprint density at radius 1 is 1.17 bits per heavy atom. The number of nitriles is 1. The van der Waals surface area contributed by atoms with Crippen LogP contribution in [0.2, 0.25) is 0 Å². The Balaban J connectivity index is 1.25. The molecule has 1 aliphatic heterocycles. The van der Waals surface area contributed by atoms with Crippen LogP contribution in [-0.4, -0.2) is 72.9 Å². The van der Waals surface area contributed by atoms with Crippen molar-refractivity contribution in [1.29, 1.82) is 5.26 Å². The first kappa shape index (κ1) is 22.6. The van der Waals surface area contributed by atoms with Crippen molar-refractivity contribution in [1.82, 2.24) is 34.3 Å². The van der Waals surface area contributed by atoms with E-state index in [2.05, 4.69) is 30.9 Å². The summed E-state index contributed by atoms with van der Waals surface area (Å²) in [5, 5.41) is 10.3. The topological polar surface area (TPSA) is 107 Å². The lowest BCUT2D eigenvalue weighted by Gasteiger charge is -2.36. The molecule has 1 unspecified atom stereocenters. The predicted molar refractivity (Wildman–Crippen MR) is 123 cm³/mol. The van der Waals surface area contributed by atoms with Crippen molar-refractivity contribution in [3.63, 3.8) is 0 Å². The van der Waals surface area contributed by atoms with Crippen molar-refractivity contribution in [2.45, 2.75) is 12.5 Å². The van der Waals surface area contributed by atoms with E-state index in [1.165, 1.54) is 11.2 Å². The van der Waals surface area contributed by atoms with E-state index in [1.807, 2.05) is 35.3 Å². The van der Waals surface area contributed by atoms with E-state index < -0.39 is 17.5 Å². The normalized spacial score (nSPS) is 15.3. The minimum atomic E-state index is -0.962. The molecule has 35 heavy (non-hydrogen) atoms. The monoisotopic (exact) mass is 476 g/mol. The van der Waals surface area contributed by atoms with E-state index in [0.29, 0.717) is 45.2 Å². The van der Waals surface area contributed by atoms with Gasteiger partial charge < -0.3 is 14.5 Å². The predicted octanol–water partition coefficient (Wildman–Crippen LogP) is 3.01. The molecule has 178 valence electrons. The summed E-state index contributed by atoms with van der Waals surface area (Å²) in [5.74, 6) is -2.33. The first-order valence-electron chi connectivity index (χ1n) is 11.2. The summed E-state index contributed by atoms with van der Waals surface area (Å²) >= 11 is 0. The third kappa shape index (κ3) is 4.61. The van der Waals surface area contributed by atoms with Crippen LogP contribution in [0.1, 0.15) is 23.0 Å². The Kier molecular flexibility index (Phi) is 6.20. The molecule has 0 aromatic carbocycles. The molecule has 9 nitrogen and oxygen atoms in total. The van der Waals surface area contributed by atoms with Gasteiger partial charge in [-0.05, 0) is 12.1 Å². The van der Waals surface area contributed by atoms with E-state index in [-0.39, 0.29) is 11.7 Å². The van der Waals surface area contributed by atoms with Crippen LogP contribution in [0.4, 0.5) is 8.78 Å². The Hall–Kier alpha value is -4.17. The zero-order valence-corrected chi connectivity index (χ0v) is 18.7. The fourth-order valence-electron chi connectivity index (χ4n) is 4.41. The van der Waals surface area contributed by atoms with Crippen LogP contribution in [-0.2, 0) is 0 Å². The Bertz CT molecular complexity index is 1400. The lowest BCUT2D eigenvalue weighted by atomic mass is 10.1. The quantitative estimate of drug-likeness (QED) is 0.459. The number of piperazine rings is 1. The van der Waals surface area contributed by atoms with Crippen LogP contribution < -0.4 is 0 Å². The molecule has 0 aliphatic carbocycles. The Morgan fingerprint density at radius 2 is 2.00 bits per heavy atom. The average molecular weight is 476 g/mol. The number of rotatable bonds is 6. The number of H-pyrrole nitrogens is 1. The van der Waals surface area contributed by atoms with Crippen molar-refractivity contribution in [3.8, 4) is 17.3 Å². The SMILES string of the molecule is N#CCC(CN1CCN(C(=O)c2ncc(F)cc2F)CC1)n1ccc(-c2ncnc3[nH]ccc23)c1. The number of amides is 1. The number of carbonyl (C=O) groups excluding carboxylic acids is 1. The van der Waals surface area contributed by atoms with Crippen LogP contribution in [0, 0.1) is 23.0 Å². The molecule has 11 heteroatoms. The second-order valence-electron chi connectivity index (χ2n) is 8.40.